The molecule has 1 aromatic carbocycles. The number of anilines is 4. The van der Waals surface area contributed by atoms with E-state index in [1.54, 1.807) is 24.5 Å². The van der Waals surface area contributed by atoms with Gasteiger partial charge in [0.15, 0.2) is 0 Å². The third kappa shape index (κ3) is 4.69. The summed E-state index contributed by atoms with van der Waals surface area (Å²) >= 11 is 1.35. The molecule has 1 saturated carbocycles. The Morgan fingerprint density at radius 1 is 1.00 bits per heavy atom. The van der Waals surface area contributed by atoms with E-state index in [1.165, 1.54) is 30.7 Å². The smallest absolute Gasteiger partial charge is 0.223 e. The number of nitrogens with zero attached hydrogens (tertiary/aromatic N) is 3. The minimum Gasteiger partial charge on any atom is -0.368 e. The fraction of sp³-hybridized carbons (Fsp3) is 0.250. The van der Waals surface area contributed by atoms with Gasteiger partial charge < -0.3 is 16.4 Å². The summed E-state index contributed by atoms with van der Waals surface area (Å²) in [6.07, 6.45) is 8.10. The van der Waals surface area contributed by atoms with E-state index in [1.807, 2.05) is 18.2 Å². The van der Waals surface area contributed by atoms with E-state index in [0.717, 1.165) is 17.7 Å². The lowest BCUT2D eigenvalue weighted by atomic mass is 10.2. The first-order chi connectivity index (χ1) is 13.7. The fourth-order valence-corrected chi connectivity index (χ4v) is 4.03. The molecule has 0 unspecified atom stereocenters. The van der Waals surface area contributed by atoms with Crippen molar-refractivity contribution in [3.05, 3.63) is 54.6 Å². The number of hydrogen-bond acceptors (Lipinski definition) is 7. The Bertz CT molecular complexity index is 947. The van der Waals surface area contributed by atoms with Gasteiger partial charge in [-0.05, 0) is 43.2 Å². The molecule has 2 heterocycles. The molecule has 28 heavy (non-hydrogen) atoms. The van der Waals surface area contributed by atoms with Crippen LogP contribution in [0.3, 0.4) is 0 Å². The number of hydrogen-bond donors (Lipinski definition) is 3. The molecule has 0 spiro atoms. The highest BCUT2D eigenvalue weighted by atomic mass is 32.2. The van der Waals surface area contributed by atoms with Crippen LogP contribution in [0, 0.1) is 5.82 Å². The lowest BCUT2D eigenvalue weighted by molar-refractivity contribution is 0.602. The Balaban J connectivity index is 1.47. The van der Waals surface area contributed by atoms with Crippen LogP contribution in [-0.2, 0) is 0 Å². The number of benzene rings is 1. The number of halogens is 1. The van der Waals surface area contributed by atoms with E-state index in [0.29, 0.717) is 28.3 Å². The Morgan fingerprint density at radius 3 is 2.50 bits per heavy atom. The van der Waals surface area contributed by atoms with Gasteiger partial charge in [-0.15, -0.1) is 0 Å². The number of nitrogen functional groups attached to an aromatic ring is 1. The van der Waals surface area contributed by atoms with Crippen LogP contribution in [-0.4, -0.2) is 21.0 Å². The number of pyridine rings is 1. The molecule has 1 fully saturated rings. The summed E-state index contributed by atoms with van der Waals surface area (Å²) in [6, 6.07) is 10.9. The molecule has 1 aliphatic carbocycles. The van der Waals surface area contributed by atoms with Crippen LogP contribution < -0.4 is 16.4 Å². The maximum Gasteiger partial charge on any atom is 0.223 e. The molecule has 0 radical (unpaired) electrons. The second kappa shape index (κ2) is 8.43. The SMILES string of the molecule is Nc1nc(Nc2ccc(Sc3ccncc3)c(F)c2)cc(NC2CCCC2)n1. The van der Waals surface area contributed by atoms with Crippen LogP contribution in [0.4, 0.5) is 27.7 Å². The molecule has 144 valence electrons. The van der Waals surface area contributed by atoms with E-state index in [9.17, 15) is 4.39 Å². The summed E-state index contributed by atoms with van der Waals surface area (Å²) in [5, 5.41) is 6.51. The average molecular weight is 396 g/mol. The van der Waals surface area contributed by atoms with Crippen molar-refractivity contribution in [3.8, 4) is 0 Å². The first-order valence-corrected chi connectivity index (χ1v) is 10.0. The molecule has 2 aromatic heterocycles. The molecule has 4 N–H and O–H groups in total. The van der Waals surface area contributed by atoms with Crippen LogP contribution in [0.5, 0.6) is 0 Å². The topological polar surface area (TPSA) is 88.8 Å². The second-order valence-corrected chi connectivity index (χ2v) is 7.79. The highest BCUT2D eigenvalue weighted by molar-refractivity contribution is 7.99. The van der Waals surface area contributed by atoms with Crippen LogP contribution >= 0.6 is 11.8 Å². The van der Waals surface area contributed by atoms with E-state index < -0.39 is 0 Å². The Morgan fingerprint density at radius 2 is 1.75 bits per heavy atom. The van der Waals surface area contributed by atoms with Gasteiger partial charge in [-0.3, -0.25) is 4.98 Å². The fourth-order valence-electron chi connectivity index (χ4n) is 3.23. The van der Waals surface area contributed by atoms with Gasteiger partial charge in [0, 0.05) is 40.0 Å². The molecule has 0 aliphatic heterocycles. The maximum atomic E-state index is 14.5. The van der Waals surface area contributed by atoms with E-state index in [4.69, 9.17) is 5.73 Å². The van der Waals surface area contributed by atoms with Gasteiger partial charge in [0.25, 0.3) is 0 Å². The molecule has 0 amide bonds. The molecule has 1 aliphatic rings. The third-order valence-electron chi connectivity index (χ3n) is 4.53. The Hall–Kier alpha value is -2.87. The van der Waals surface area contributed by atoms with E-state index >= 15 is 0 Å². The normalized spacial score (nSPS) is 14.2. The number of aromatic nitrogens is 3. The quantitative estimate of drug-likeness (QED) is 0.549. The van der Waals surface area contributed by atoms with Crippen molar-refractivity contribution in [1.82, 2.24) is 15.0 Å². The second-order valence-electron chi connectivity index (χ2n) is 6.68. The van der Waals surface area contributed by atoms with Crippen LogP contribution in [0.25, 0.3) is 0 Å². The van der Waals surface area contributed by atoms with Crippen molar-refractivity contribution >= 4 is 35.0 Å². The van der Waals surface area contributed by atoms with Gasteiger partial charge >= 0.3 is 0 Å². The summed E-state index contributed by atoms with van der Waals surface area (Å²) in [4.78, 5) is 13.9. The van der Waals surface area contributed by atoms with Crippen LogP contribution in [0.15, 0.2) is 58.6 Å². The van der Waals surface area contributed by atoms with Crippen LogP contribution in [0.2, 0.25) is 0 Å². The van der Waals surface area contributed by atoms with Crippen molar-refractivity contribution in [2.45, 2.75) is 41.5 Å². The summed E-state index contributed by atoms with van der Waals surface area (Å²) in [7, 11) is 0. The molecule has 3 aromatic rings. The Kier molecular flexibility index (Phi) is 5.57. The number of nitrogens with two attached hydrogens (primary N) is 1. The lowest BCUT2D eigenvalue weighted by Crippen LogP contribution is -2.16. The predicted octanol–water partition coefficient (Wildman–Crippen LogP) is 4.84. The minimum absolute atomic E-state index is 0.177. The summed E-state index contributed by atoms with van der Waals surface area (Å²) in [5.74, 6) is 1.09. The number of rotatable bonds is 6. The molecular formula is C20H21FN6S. The molecular weight excluding hydrogens is 375 g/mol. The van der Waals surface area contributed by atoms with Gasteiger partial charge in [0.1, 0.15) is 17.5 Å². The first-order valence-electron chi connectivity index (χ1n) is 9.21. The van der Waals surface area contributed by atoms with Crippen molar-refractivity contribution in [2.24, 2.45) is 0 Å². The largest absolute Gasteiger partial charge is 0.368 e. The van der Waals surface area contributed by atoms with Gasteiger partial charge in [-0.1, -0.05) is 24.6 Å². The van der Waals surface area contributed by atoms with Gasteiger partial charge in [-0.2, -0.15) is 9.97 Å². The van der Waals surface area contributed by atoms with Crippen molar-refractivity contribution in [3.63, 3.8) is 0 Å². The molecule has 0 atom stereocenters. The predicted molar refractivity (Wildman–Crippen MR) is 110 cm³/mol. The molecule has 4 rings (SSSR count). The molecule has 8 heteroatoms. The molecule has 0 bridgehead atoms. The minimum atomic E-state index is -0.307. The van der Waals surface area contributed by atoms with Crippen molar-refractivity contribution in [2.75, 3.05) is 16.4 Å². The van der Waals surface area contributed by atoms with Gasteiger partial charge in [-0.25, -0.2) is 4.39 Å². The highest BCUT2D eigenvalue weighted by Gasteiger charge is 2.16. The third-order valence-corrected chi connectivity index (χ3v) is 5.59. The number of nitrogens with one attached hydrogen (secondary N) is 2. The summed E-state index contributed by atoms with van der Waals surface area (Å²) in [6.45, 7) is 0. The summed E-state index contributed by atoms with van der Waals surface area (Å²) in [5.41, 5.74) is 6.44. The average Bonchev–Trinajstić information content (AvgIpc) is 3.17. The zero-order valence-electron chi connectivity index (χ0n) is 15.2. The first kappa shape index (κ1) is 18.5. The maximum absolute atomic E-state index is 14.5. The van der Waals surface area contributed by atoms with Crippen molar-refractivity contribution in [1.29, 1.82) is 0 Å². The Labute approximate surface area is 167 Å². The van der Waals surface area contributed by atoms with Gasteiger partial charge in [0.2, 0.25) is 5.95 Å². The van der Waals surface area contributed by atoms with Crippen LogP contribution in [0.1, 0.15) is 25.7 Å². The van der Waals surface area contributed by atoms with E-state index in [-0.39, 0.29) is 11.8 Å². The monoisotopic (exact) mass is 396 g/mol. The zero-order chi connectivity index (χ0) is 19.3. The standard InChI is InChI=1S/C20H21FN6S/c21-16-11-14(5-6-17(16)28-15-7-9-23-10-8-15)25-19-12-18(26-20(22)27-19)24-13-3-1-2-4-13/h5-13H,1-4H2,(H4,22,24,25,26,27). The lowest BCUT2D eigenvalue weighted by Gasteiger charge is -2.14. The van der Waals surface area contributed by atoms with Crippen molar-refractivity contribution < 1.29 is 4.39 Å². The molecule has 6 nitrogen and oxygen atoms in total. The highest BCUT2D eigenvalue weighted by Crippen LogP contribution is 2.31. The van der Waals surface area contributed by atoms with E-state index in [2.05, 4.69) is 25.6 Å². The summed E-state index contributed by atoms with van der Waals surface area (Å²) < 4.78 is 14.5. The zero-order valence-corrected chi connectivity index (χ0v) is 16.0. The van der Waals surface area contributed by atoms with Gasteiger partial charge in [0.05, 0.1) is 0 Å². The molecule has 0 saturated heterocycles.